The Morgan fingerprint density at radius 1 is 1.33 bits per heavy atom. The van der Waals surface area contributed by atoms with Crippen LogP contribution in [0.1, 0.15) is 19.3 Å². The molecular weight excluding hydrogens is 258 g/mol. The molecule has 0 spiro atoms. The number of ether oxygens (including phenoxy) is 1. The molecule has 0 aromatic heterocycles. The lowest BCUT2D eigenvalue weighted by molar-refractivity contribution is -0.136. The third kappa shape index (κ3) is 5.20. The van der Waals surface area contributed by atoms with Gasteiger partial charge >= 0.3 is 0 Å². The molecule has 18 heavy (non-hydrogen) atoms. The lowest BCUT2D eigenvalue weighted by Crippen LogP contribution is -2.46. The SMILES string of the molecule is COC(CN)C(=O)NCC(=O)N1CCCCC1.Cl. The number of nitrogens with one attached hydrogen (secondary N) is 1. The molecule has 0 aromatic carbocycles. The van der Waals surface area contributed by atoms with Gasteiger partial charge in [-0.2, -0.15) is 0 Å². The van der Waals surface area contributed by atoms with Crippen LogP contribution in [0.15, 0.2) is 0 Å². The highest BCUT2D eigenvalue weighted by atomic mass is 35.5. The van der Waals surface area contributed by atoms with Crippen molar-refractivity contribution in [2.24, 2.45) is 5.73 Å². The highest BCUT2D eigenvalue weighted by molar-refractivity contribution is 5.87. The summed E-state index contributed by atoms with van der Waals surface area (Å²) >= 11 is 0. The van der Waals surface area contributed by atoms with Crippen LogP contribution >= 0.6 is 12.4 Å². The topological polar surface area (TPSA) is 84.7 Å². The average molecular weight is 280 g/mol. The second kappa shape index (κ2) is 9.13. The van der Waals surface area contributed by atoms with E-state index in [4.69, 9.17) is 10.5 Å². The van der Waals surface area contributed by atoms with Gasteiger partial charge in [-0.15, -0.1) is 12.4 Å². The van der Waals surface area contributed by atoms with Crippen molar-refractivity contribution in [3.8, 4) is 0 Å². The zero-order valence-electron chi connectivity index (χ0n) is 10.7. The number of likely N-dealkylation sites (tertiary alicyclic amines) is 1. The fraction of sp³-hybridized carbons (Fsp3) is 0.818. The minimum atomic E-state index is -0.677. The third-order valence-corrected chi connectivity index (χ3v) is 2.91. The van der Waals surface area contributed by atoms with Gasteiger partial charge in [-0.3, -0.25) is 9.59 Å². The van der Waals surface area contributed by atoms with Crippen LogP contribution in [0.4, 0.5) is 0 Å². The Balaban J connectivity index is 0.00000289. The summed E-state index contributed by atoms with van der Waals surface area (Å²) in [5.41, 5.74) is 5.35. The van der Waals surface area contributed by atoms with Crippen LogP contribution in [0.3, 0.4) is 0 Å². The van der Waals surface area contributed by atoms with Gasteiger partial charge in [-0.05, 0) is 19.3 Å². The fourth-order valence-corrected chi connectivity index (χ4v) is 1.84. The molecule has 1 rings (SSSR count). The van der Waals surface area contributed by atoms with Crippen LogP contribution in [0, 0.1) is 0 Å². The number of carbonyl (C=O) groups is 2. The first kappa shape index (κ1) is 17.2. The summed E-state index contributed by atoms with van der Waals surface area (Å²) in [6.07, 6.45) is 2.59. The summed E-state index contributed by atoms with van der Waals surface area (Å²) in [5, 5.41) is 2.55. The molecule has 6 nitrogen and oxygen atoms in total. The van der Waals surface area contributed by atoms with E-state index in [0.717, 1.165) is 25.9 Å². The standard InChI is InChI=1S/C11H21N3O3.ClH/c1-17-9(7-12)11(16)13-8-10(15)14-5-3-2-4-6-14;/h9H,2-8,12H2,1H3,(H,13,16);1H. The van der Waals surface area contributed by atoms with E-state index in [9.17, 15) is 9.59 Å². The zero-order valence-corrected chi connectivity index (χ0v) is 11.5. The van der Waals surface area contributed by atoms with Gasteiger partial charge in [0.15, 0.2) is 0 Å². The van der Waals surface area contributed by atoms with E-state index < -0.39 is 6.10 Å². The first-order valence-electron chi connectivity index (χ1n) is 5.97. The summed E-state index contributed by atoms with van der Waals surface area (Å²) in [6.45, 7) is 1.72. The second-order valence-electron chi connectivity index (χ2n) is 4.12. The van der Waals surface area contributed by atoms with Gasteiger partial charge in [-0.25, -0.2) is 0 Å². The van der Waals surface area contributed by atoms with Crippen molar-refractivity contribution in [3.63, 3.8) is 0 Å². The largest absolute Gasteiger partial charge is 0.370 e. The first-order chi connectivity index (χ1) is 8.19. The van der Waals surface area contributed by atoms with E-state index >= 15 is 0 Å². The molecule has 106 valence electrons. The van der Waals surface area contributed by atoms with E-state index in [1.54, 1.807) is 4.90 Å². The highest BCUT2D eigenvalue weighted by Gasteiger charge is 2.19. The maximum Gasteiger partial charge on any atom is 0.250 e. The van der Waals surface area contributed by atoms with E-state index in [0.29, 0.717) is 0 Å². The van der Waals surface area contributed by atoms with Gasteiger partial charge in [0.2, 0.25) is 5.91 Å². The number of methoxy groups -OCH3 is 1. The molecule has 0 bridgehead atoms. The number of nitrogens with zero attached hydrogens (tertiary/aromatic N) is 1. The second-order valence-corrected chi connectivity index (χ2v) is 4.12. The number of amides is 2. The molecule has 1 aliphatic heterocycles. The lowest BCUT2D eigenvalue weighted by Gasteiger charge is -2.27. The Morgan fingerprint density at radius 2 is 1.94 bits per heavy atom. The van der Waals surface area contributed by atoms with E-state index in [1.807, 2.05) is 0 Å². The Bertz CT molecular complexity index is 266. The number of piperidine rings is 1. The molecule has 0 saturated carbocycles. The summed E-state index contributed by atoms with van der Waals surface area (Å²) in [4.78, 5) is 25.0. The van der Waals surface area contributed by atoms with Gasteiger partial charge in [0.1, 0.15) is 6.10 Å². The minimum absolute atomic E-state index is 0. The highest BCUT2D eigenvalue weighted by Crippen LogP contribution is 2.08. The molecule has 1 saturated heterocycles. The van der Waals surface area contributed by atoms with Gasteiger partial charge in [0.05, 0.1) is 6.54 Å². The maximum atomic E-state index is 11.7. The van der Waals surface area contributed by atoms with Crippen molar-refractivity contribution in [1.29, 1.82) is 0 Å². The summed E-state index contributed by atoms with van der Waals surface area (Å²) in [6, 6.07) is 0. The molecule has 7 heteroatoms. The molecule has 0 aromatic rings. The van der Waals surface area contributed by atoms with Gasteiger partial charge in [0.25, 0.3) is 5.91 Å². The quantitative estimate of drug-likeness (QED) is 0.711. The van der Waals surface area contributed by atoms with Gasteiger partial charge in [0, 0.05) is 26.7 Å². The molecule has 3 N–H and O–H groups in total. The van der Waals surface area contributed by atoms with Crippen molar-refractivity contribution in [1.82, 2.24) is 10.2 Å². The van der Waals surface area contributed by atoms with Crippen LogP contribution in [0.5, 0.6) is 0 Å². The molecule has 1 unspecified atom stereocenters. The molecule has 2 amide bonds. The normalized spacial score (nSPS) is 16.7. The number of halogens is 1. The molecular formula is C11H22ClN3O3. The molecule has 0 aliphatic carbocycles. The van der Waals surface area contributed by atoms with E-state index in [2.05, 4.69) is 5.32 Å². The summed E-state index contributed by atoms with van der Waals surface area (Å²) < 4.78 is 4.88. The smallest absolute Gasteiger partial charge is 0.250 e. The average Bonchev–Trinajstić information content (AvgIpc) is 2.38. The fourth-order valence-electron chi connectivity index (χ4n) is 1.84. The molecule has 1 aliphatic rings. The number of hydrogen-bond donors (Lipinski definition) is 2. The van der Waals surface area contributed by atoms with E-state index in [1.165, 1.54) is 13.5 Å². The Labute approximate surface area is 114 Å². The number of rotatable bonds is 5. The summed E-state index contributed by atoms with van der Waals surface area (Å²) in [5.74, 6) is -0.370. The number of nitrogens with two attached hydrogens (primary N) is 1. The van der Waals surface area contributed by atoms with Crippen molar-refractivity contribution in [2.45, 2.75) is 25.4 Å². The predicted octanol–water partition coefficient (Wildman–Crippen LogP) is -0.489. The van der Waals surface area contributed by atoms with Crippen LogP contribution in [-0.4, -0.2) is 56.1 Å². The first-order valence-corrected chi connectivity index (χ1v) is 5.97. The van der Waals surface area contributed by atoms with Gasteiger partial charge in [-0.1, -0.05) is 0 Å². The zero-order chi connectivity index (χ0) is 12.7. The van der Waals surface area contributed by atoms with Gasteiger partial charge < -0.3 is 20.7 Å². The Kier molecular flexibility index (Phi) is 8.70. The monoisotopic (exact) mass is 279 g/mol. The third-order valence-electron chi connectivity index (χ3n) is 2.91. The summed E-state index contributed by atoms with van der Waals surface area (Å²) in [7, 11) is 1.42. The van der Waals surface area contributed by atoms with Crippen molar-refractivity contribution in [3.05, 3.63) is 0 Å². The van der Waals surface area contributed by atoms with Crippen LogP contribution in [-0.2, 0) is 14.3 Å². The van der Waals surface area contributed by atoms with Crippen LogP contribution in [0.2, 0.25) is 0 Å². The van der Waals surface area contributed by atoms with Crippen molar-refractivity contribution >= 4 is 24.2 Å². The van der Waals surface area contributed by atoms with Crippen molar-refractivity contribution in [2.75, 3.05) is 33.3 Å². The van der Waals surface area contributed by atoms with Crippen LogP contribution < -0.4 is 11.1 Å². The lowest BCUT2D eigenvalue weighted by atomic mass is 10.1. The maximum absolute atomic E-state index is 11.7. The molecule has 1 fully saturated rings. The predicted molar refractivity (Wildman–Crippen MR) is 70.5 cm³/mol. The Morgan fingerprint density at radius 3 is 2.44 bits per heavy atom. The molecule has 0 radical (unpaired) electrons. The molecule has 1 heterocycles. The number of hydrogen-bond acceptors (Lipinski definition) is 4. The Hall–Kier alpha value is -0.850. The molecule has 1 atom stereocenters. The van der Waals surface area contributed by atoms with E-state index in [-0.39, 0.29) is 37.3 Å². The number of carbonyl (C=O) groups excluding carboxylic acids is 2. The van der Waals surface area contributed by atoms with Crippen LogP contribution in [0.25, 0.3) is 0 Å². The van der Waals surface area contributed by atoms with Crippen molar-refractivity contribution < 1.29 is 14.3 Å². The minimum Gasteiger partial charge on any atom is -0.370 e.